The maximum atomic E-state index is 11.7. The Labute approximate surface area is 135 Å². The summed E-state index contributed by atoms with van der Waals surface area (Å²) in [7, 11) is 0. The monoisotopic (exact) mass is 309 g/mol. The van der Waals surface area contributed by atoms with Gasteiger partial charge in [0, 0.05) is 6.54 Å². The van der Waals surface area contributed by atoms with Crippen LogP contribution >= 0.6 is 0 Å². The van der Waals surface area contributed by atoms with Crippen molar-refractivity contribution in [3.8, 4) is 0 Å². The Kier molecular flexibility index (Phi) is 5.63. The van der Waals surface area contributed by atoms with Crippen LogP contribution in [-0.2, 0) is 16.1 Å². The predicted molar refractivity (Wildman–Crippen MR) is 89.9 cm³/mol. The van der Waals surface area contributed by atoms with Crippen LogP contribution in [0.5, 0.6) is 0 Å². The molecule has 0 aromatic heterocycles. The van der Waals surface area contributed by atoms with E-state index in [1.165, 1.54) is 6.21 Å². The van der Waals surface area contributed by atoms with Gasteiger partial charge in [0.05, 0.1) is 6.21 Å². The Morgan fingerprint density at radius 2 is 1.70 bits per heavy atom. The second-order valence-electron chi connectivity index (χ2n) is 5.22. The van der Waals surface area contributed by atoms with Gasteiger partial charge in [0.25, 0.3) is 0 Å². The summed E-state index contributed by atoms with van der Waals surface area (Å²) in [6.45, 7) is 4.23. The zero-order valence-corrected chi connectivity index (χ0v) is 13.2. The summed E-state index contributed by atoms with van der Waals surface area (Å²) in [5, 5.41) is 6.36. The normalized spacial score (nSPS) is 10.5. The Hall–Kier alpha value is -2.95. The van der Waals surface area contributed by atoms with E-state index in [2.05, 4.69) is 15.8 Å². The molecule has 23 heavy (non-hydrogen) atoms. The summed E-state index contributed by atoms with van der Waals surface area (Å²) in [6.07, 6.45) is 1.51. The van der Waals surface area contributed by atoms with Crippen molar-refractivity contribution in [2.24, 2.45) is 5.10 Å². The van der Waals surface area contributed by atoms with Gasteiger partial charge in [-0.05, 0) is 30.5 Å². The highest BCUT2D eigenvalue weighted by Gasteiger charge is 2.11. The Bertz CT molecular complexity index is 721. The van der Waals surface area contributed by atoms with Gasteiger partial charge in [-0.3, -0.25) is 9.59 Å². The number of aryl methyl sites for hydroxylation is 2. The van der Waals surface area contributed by atoms with Gasteiger partial charge in [-0.25, -0.2) is 5.43 Å². The van der Waals surface area contributed by atoms with Crippen molar-refractivity contribution in [2.75, 3.05) is 0 Å². The second-order valence-corrected chi connectivity index (χ2v) is 5.22. The molecule has 0 bridgehead atoms. The number of rotatable bonds is 4. The molecule has 5 heteroatoms. The van der Waals surface area contributed by atoms with E-state index in [4.69, 9.17) is 0 Å². The van der Waals surface area contributed by atoms with Gasteiger partial charge in [-0.15, -0.1) is 0 Å². The van der Waals surface area contributed by atoms with Crippen LogP contribution in [0.2, 0.25) is 0 Å². The van der Waals surface area contributed by atoms with Gasteiger partial charge in [0.1, 0.15) is 0 Å². The first kappa shape index (κ1) is 16.4. The van der Waals surface area contributed by atoms with E-state index in [0.717, 1.165) is 22.3 Å². The van der Waals surface area contributed by atoms with Crippen molar-refractivity contribution >= 4 is 18.0 Å². The minimum Gasteiger partial charge on any atom is -0.344 e. The van der Waals surface area contributed by atoms with Crippen molar-refractivity contribution in [3.63, 3.8) is 0 Å². The van der Waals surface area contributed by atoms with Crippen molar-refractivity contribution < 1.29 is 9.59 Å². The summed E-state index contributed by atoms with van der Waals surface area (Å²) >= 11 is 0. The average Bonchev–Trinajstić information content (AvgIpc) is 2.55. The number of hydrogen-bond acceptors (Lipinski definition) is 3. The van der Waals surface area contributed by atoms with Crippen molar-refractivity contribution in [3.05, 3.63) is 70.8 Å². The predicted octanol–water partition coefficient (Wildman–Crippen LogP) is 2.07. The first-order chi connectivity index (χ1) is 11.1. The van der Waals surface area contributed by atoms with Gasteiger partial charge in [0.2, 0.25) is 0 Å². The molecule has 0 aliphatic carbocycles. The third-order valence-electron chi connectivity index (χ3n) is 3.34. The van der Waals surface area contributed by atoms with Crippen LogP contribution in [0.15, 0.2) is 53.6 Å². The van der Waals surface area contributed by atoms with Crippen molar-refractivity contribution in [1.82, 2.24) is 10.7 Å². The standard InChI is InChI=1S/C18H19N3O2/c1-13-7-9-15(10-8-13)11-19-17(22)18(23)21-20-12-16-6-4-3-5-14(16)2/h3-10,12H,11H2,1-2H3,(H,19,22)(H,21,23)/b20-12-. The Morgan fingerprint density at radius 1 is 1.00 bits per heavy atom. The fourth-order valence-electron chi connectivity index (χ4n) is 1.91. The van der Waals surface area contributed by atoms with E-state index in [1.807, 2.05) is 62.4 Å². The topological polar surface area (TPSA) is 70.6 Å². The molecule has 0 saturated carbocycles. The largest absolute Gasteiger partial charge is 0.344 e. The zero-order chi connectivity index (χ0) is 16.7. The van der Waals surface area contributed by atoms with Gasteiger partial charge in [-0.2, -0.15) is 5.10 Å². The quantitative estimate of drug-likeness (QED) is 0.515. The summed E-state index contributed by atoms with van der Waals surface area (Å²) in [6, 6.07) is 15.3. The van der Waals surface area contributed by atoms with Gasteiger partial charge >= 0.3 is 11.8 Å². The van der Waals surface area contributed by atoms with E-state index in [-0.39, 0.29) is 0 Å². The SMILES string of the molecule is Cc1ccc(CNC(=O)C(=O)N/N=C\c2ccccc2C)cc1. The highest BCUT2D eigenvalue weighted by Crippen LogP contribution is 2.03. The van der Waals surface area contributed by atoms with Gasteiger partial charge < -0.3 is 5.32 Å². The molecular formula is C18H19N3O2. The molecule has 0 radical (unpaired) electrons. The molecule has 118 valence electrons. The molecule has 0 saturated heterocycles. The van der Waals surface area contributed by atoms with E-state index >= 15 is 0 Å². The average molecular weight is 309 g/mol. The molecule has 0 fully saturated rings. The minimum atomic E-state index is -0.790. The molecule has 0 aliphatic rings. The maximum Gasteiger partial charge on any atom is 0.329 e. The highest BCUT2D eigenvalue weighted by atomic mass is 16.2. The van der Waals surface area contributed by atoms with Gasteiger partial charge in [-0.1, -0.05) is 54.1 Å². The summed E-state index contributed by atoms with van der Waals surface area (Å²) < 4.78 is 0. The van der Waals surface area contributed by atoms with Crippen LogP contribution in [0.25, 0.3) is 0 Å². The molecule has 2 aromatic carbocycles. The first-order valence-electron chi connectivity index (χ1n) is 7.28. The van der Waals surface area contributed by atoms with Gasteiger partial charge in [0.15, 0.2) is 0 Å². The lowest BCUT2D eigenvalue weighted by molar-refractivity contribution is -0.139. The van der Waals surface area contributed by atoms with Crippen LogP contribution in [0, 0.1) is 13.8 Å². The lowest BCUT2D eigenvalue weighted by Gasteiger charge is -2.04. The number of carbonyl (C=O) groups excluding carboxylic acids is 2. The number of nitrogens with zero attached hydrogens (tertiary/aromatic N) is 1. The molecule has 2 aromatic rings. The molecule has 0 aliphatic heterocycles. The summed E-state index contributed by atoms with van der Waals surface area (Å²) in [4.78, 5) is 23.4. The molecule has 2 rings (SSSR count). The Balaban J connectivity index is 1.82. The van der Waals surface area contributed by atoms with E-state index in [0.29, 0.717) is 6.54 Å². The molecule has 0 spiro atoms. The minimum absolute atomic E-state index is 0.300. The third kappa shape index (κ3) is 5.07. The van der Waals surface area contributed by atoms with Crippen LogP contribution < -0.4 is 10.7 Å². The van der Waals surface area contributed by atoms with Crippen LogP contribution in [0.1, 0.15) is 22.3 Å². The number of hydrogen-bond donors (Lipinski definition) is 2. The third-order valence-corrected chi connectivity index (χ3v) is 3.34. The second kappa shape index (κ2) is 7.89. The molecule has 0 heterocycles. The van der Waals surface area contributed by atoms with E-state index in [9.17, 15) is 9.59 Å². The highest BCUT2D eigenvalue weighted by molar-refractivity contribution is 6.35. The number of hydrazone groups is 1. The Morgan fingerprint density at radius 3 is 2.39 bits per heavy atom. The fraction of sp³-hybridized carbons (Fsp3) is 0.167. The fourth-order valence-corrected chi connectivity index (χ4v) is 1.91. The molecule has 5 nitrogen and oxygen atoms in total. The van der Waals surface area contributed by atoms with Crippen LogP contribution in [0.4, 0.5) is 0 Å². The molecule has 0 unspecified atom stereocenters. The molecule has 0 atom stereocenters. The zero-order valence-electron chi connectivity index (χ0n) is 13.2. The van der Waals surface area contributed by atoms with Crippen LogP contribution in [0.3, 0.4) is 0 Å². The summed E-state index contributed by atoms with van der Waals surface area (Å²) in [5.74, 6) is -1.51. The smallest absolute Gasteiger partial charge is 0.329 e. The van der Waals surface area contributed by atoms with Crippen LogP contribution in [-0.4, -0.2) is 18.0 Å². The van der Waals surface area contributed by atoms with Crippen molar-refractivity contribution in [1.29, 1.82) is 0 Å². The van der Waals surface area contributed by atoms with Crippen molar-refractivity contribution in [2.45, 2.75) is 20.4 Å². The molecular weight excluding hydrogens is 290 g/mol. The lowest BCUT2D eigenvalue weighted by atomic mass is 10.1. The molecule has 2 N–H and O–H groups in total. The number of carbonyl (C=O) groups is 2. The van der Waals surface area contributed by atoms with E-state index in [1.54, 1.807) is 0 Å². The molecule has 2 amide bonds. The first-order valence-corrected chi connectivity index (χ1v) is 7.28. The number of amides is 2. The van der Waals surface area contributed by atoms with E-state index < -0.39 is 11.8 Å². The number of benzene rings is 2. The lowest BCUT2D eigenvalue weighted by Crippen LogP contribution is -2.37. The summed E-state index contributed by atoms with van der Waals surface area (Å²) in [5.41, 5.74) is 6.21. The maximum absolute atomic E-state index is 11.7. The number of nitrogens with one attached hydrogen (secondary N) is 2.